The lowest BCUT2D eigenvalue weighted by Crippen LogP contribution is -2.74. The molecule has 18 heteroatoms. The molecule has 6 aromatic carbocycles. The van der Waals surface area contributed by atoms with Gasteiger partial charge in [0.1, 0.15) is 39.5 Å². The fourth-order valence-electron chi connectivity index (χ4n) is 7.16. The van der Waals surface area contributed by atoms with E-state index in [2.05, 4.69) is 0 Å². The number of nitrogens with zero attached hydrogens (tertiary/aromatic N) is 2. The lowest BCUT2D eigenvalue weighted by molar-refractivity contribution is -0.138. The van der Waals surface area contributed by atoms with E-state index in [1.165, 1.54) is 6.08 Å². The molecule has 0 amide bonds. The van der Waals surface area contributed by atoms with E-state index < -0.39 is 63.0 Å². The normalized spacial score (nSPS) is 13.0. The Balaban J connectivity index is 0.000000281. The van der Waals surface area contributed by atoms with Gasteiger partial charge in [-0.1, -0.05) is 150 Å². The minimum Gasteiger partial charge on any atom is -0.289 e. The third-order valence-electron chi connectivity index (χ3n) is 10.4. The van der Waals surface area contributed by atoms with Gasteiger partial charge in [0, 0.05) is 5.56 Å². The lowest BCUT2D eigenvalue weighted by Gasteiger charge is -2.44. The second-order valence-electron chi connectivity index (χ2n) is 14.4. The van der Waals surface area contributed by atoms with E-state index >= 15 is 0 Å². The average Bonchev–Trinajstić information content (AvgIpc) is 3.27. The molecule has 0 aliphatic rings. The summed E-state index contributed by atoms with van der Waals surface area (Å²) in [7, 11) is -2.76. The first-order valence-electron chi connectivity index (χ1n) is 18.9. The van der Waals surface area contributed by atoms with E-state index in [9.17, 15) is 61.7 Å². The summed E-state index contributed by atoms with van der Waals surface area (Å²) in [5.41, 5.74) is -3.91. The number of carbonyl (C=O) groups excluding carboxylic acids is 1. The Hall–Kier alpha value is -6.92. The summed E-state index contributed by atoms with van der Waals surface area (Å²) in [6.45, 7) is 0. The van der Waals surface area contributed by atoms with Crippen LogP contribution in [0.1, 0.15) is 32.6 Å². The van der Waals surface area contributed by atoms with Gasteiger partial charge in [-0.15, -0.1) is 0 Å². The molecule has 0 N–H and O–H groups in total. The summed E-state index contributed by atoms with van der Waals surface area (Å²) in [6, 6.07) is 34.4. The molecule has 0 saturated heterocycles. The first-order chi connectivity index (χ1) is 30.4. The van der Waals surface area contributed by atoms with Crippen LogP contribution in [0.4, 0.5) is 52.7 Å². The van der Waals surface area contributed by atoms with Crippen molar-refractivity contribution in [3.8, 4) is 12.1 Å². The van der Waals surface area contributed by atoms with Crippen molar-refractivity contribution in [2.24, 2.45) is 0 Å². The first kappa shape index (κ1) is 49.1. The second kappa shape index (κ2) is 19.4. The quantitative estimate of drug-likeness (QED) is 0.0451. The molecule has 65 heavy (non-hydrogen) atoms. The fraction of sp³-hybridized carbons (Fsp3) is 0.128. The van der Waals surface area contributed by atoms with Crippen LogP contribution < -0.4 is 21.9 Å². The molecule has 6 rings (SSSR count). The number of benzene rings is 6. The van der Waals surface area contributed by atoms with Crippen molar-refractivity contribution in [2.75, 3.05) is 11.5 Å². The molecule has 0 fully saturated rings. The van der Waals surface area contributed by atoms with E-state index in [-0.39, 0.29) is 44.7 Å². The van der Waals surface area contributed by atoms with Crippen LogP contribution in [0.25, 0.3) is 0 Å². The summed E-state index contributed by atoms with van der Waals surface area (Å²) in [6.07, 6.45) is -20.7. The third-order valence-corrected chi connectivity index (χ3v) is 12.9. The van der Waals surface area contributed by atoms with Crippen LogP contribution in [0.2, 0.25) is 0 Å². The van der Waals surface area contributed by atoms with Gasteiger partial charge in [-0.2, -0.15) is 85.1 Å². The zero-order valence-electron chi connectivity index (χ0n) is 33.2. The maximum Gasteiger partial charge on any atom is 0.416 e. The molecule has 334 valence electrons. The van der Waals surface area contributed by atoms with Gasteiger partial charge in [0.15, 0.2) is 10.6 Å². The molecule has 0 aliphatic heterocycles. The number of halogens is 12. The van der Waals surface area contributed by atoms with Crippen molar-refractivity contribution < 1.29 is 61.7 Å². The molecular formula is C47H31BF12N2O2S. The van der Waals surface area contributed by atoms with Crippen molar-refractivity contribution in [1.82, 2.24) is 0 Å². The summed E-state index contributed by atoms with van der Waals surface area (Å²) in [4.78, 5) is 13.0. The summed E-state index contributed by atoms with van der Waals surface area (Å²) in [5, 5.41) is 17.7. The number of carbonyl (C=O) groups is 1. The summed E-state index contributed by atoms with van der Waals surface area (Å²) >= 11 is 0. The van der Waals surface area contributed by atoms with Gasteiger partial charge in [-0.05, 0) is 18.2 Å². The Bertz CT molecular complexity index is 2490. The van der Waals surface area contributed by atoms with Crippen LogP contribution in [-0.4, -0.2) is 23.4 Å². The highest BCUT2D eigenvalue weighted by Gasteiger charge is 2.39. The zero-order valence-corrected chi connectivity index (χ0v) is 34.1. The predicted octanol–water partition coefficient (Wildman–Crippen LogP) is 10.5. The number of hydrogen-bond acceptors (Lipinski definition) is 4. The highest BCUT2D eigenvalue weighted by Crippen LogP contribution is 2.33. The van der Waals surface area contributed by atoms with E-state index in [1.54, 1.807) is 72.8 Å². The fourth-order valence-corrected chi connectivity index (χ4v) is 9.31. The SMILES string of the molecule is FC(F)(F)c1ccc([B-](c2ccc(C(F)(F)F)cc2)(c2ccc(C(F)(F)F)cc2)c2ccc(C(F)(F)F)cc2)cc1.N#CC(C#N)=CC[S+](=O)(CC(=O)c1ccccc1)c1ccccc1. The number of nitriles is 2. The molecule has 0 bridgehead atoms. The Labute approximate surface area is 365 Å². The zero-order chi connectivity index (χ0) is 47.8. The smallest absolute Gasteiger partial charge is 0.289 e. The van der Waals surface area contributed by atoms with E-state index in [0.29, 0.717) is 59.0 Å². The standard InChI is InChI=1S/C28H16BF12.C19H15N2O2S/c30-25(31,32)17-1-9-21(10-2-17)29(22-11-3-18(4-12-22)26(33,34)35,23-13-5-19(6-14-23)27(36,37)38)24-15-7-20(8-16-24)28(39,40)41;20-13-16(14-21)11-12-24(23,18-9-5-2-6-10-18)15-19(22)17-7-3-1-4-8-17/h1-16H;1-11H,12,15H2/q-1;+1. The maximum absolute atomic E-state index is 13.4. The largest absolute Gasteiger partial charge is 0.416 e. The third kappa shape index (κ3) is 11.6. The number of alkyl halides is 12. The van der Waals surface area contributed by atoms with Crippen LogP contribution in [0, 0.1) is 22.7 Å². The number of ketones is 1. The highest BCUT2D eigenvalue weighted by molar-refractivity contribution is 8.03. The average molecular weight is 927 g/mol. The minimum atomic E-state index is -4.77. The van der Waals surface area contributed by atoms with Gasteiger partial charge in [0.25, 0.3) is 0 Å². The molecule has 0 aromatic heterocycles. The van der Waals surface area contributed by atoms with Gasteiger partial charge in [-0.25, -0.2) is 0 Å². The number of Topliss-reactive ketones (excluding diaryl/α,β-unsaturated/α-hetero) is 1. The number of rotatable bonds is 10. The molecule has 0 aliphatic carbocycles. The van der Waals surface area contributed by atoms with E-state index in [1.807, 2.05) is 0 Å². The van der Waals surface area contributed by atoms with Gasteiger partial charge in [0.2, 0.25) is 5.78 Å². The number of hydrogen-bond donors (Lipinski definition) is 0. The topological polar surface area (TPSA) is 81.7 Å². The maximum atomic E-state index is 13.4. The summed E-state index contributed by atoms with van der Waals surface area (Å²) in [5.74, 6) is -0.415. The molecular weight excluding hydrogens is 895 g/mol. The van der Waals surface area contributed by atoms with Crippen molar-refractivity contribution >= 4 is 43.7 Å². The van der Waals surface area contributed by atoms with Gasteiger partial charge in [-0.3, -0.25) is 4.79 Å². The molecule has 0 spiro atoms. The lowest BCUT2D eigenvalue weighted by atomic mass is 9.13. The summed E-state index contributed by atoms with van der Waals surface area (Å²) < 4.78 is 173. The number of allylic oxidation sites excluding steroid dienone is 1. The highest BCUT2D eigenvalue weighted by atomic mass is 32.2. The Kier molecular flexibility index (Phi) is 14.7. The molecule has 6 aromatic rings. The molecule has 1 unspecified atom stereocenters. The van der Waals surface area contributed by atoms with E-state index in [4.69, 9.17) is 10.5 Å². The van der Waals surface area contributed by atoms with Crippen molar-refractivity contribution in [1.29, 1.82) is 10.5 Å². The second-order valence-corrected chi connectivity index (χ2v) is 17.1. The Morgan fingerprint density at radius 2 is 0.769 bits per heavy atom. The first-order valence-corrected chi connectivity index (χ1v) is 20.8. The van der Waals surface area contributed by atoms with Crippen molar-refractivity contribution in [3.05, 3.63) is 197 Å². The van der Waals surface area contributed by atoms with Crippen LogP contribution >= 0.6 is 0 Å². The Morgan fingerprint density at radius 1 is 0.477 bits per heavy atom. The van der Waals surface area contributed by atoms with Gasteiger partial charge >= 0.3 is 24.7 Å². The van der Waals surface area contributed by atoms with E-state index in [0.717, 1.165) is 48.5 Å². The predicted molar refractivity (Wildman–Crippen MR) is 223 cm³/mol. The molecule has 0 heterocycles. The van der Waals surface area contributed by atoms with Crippen LogP contribution in [0.15, 0.2) is 174 Å². The monoisotopic (exact) mass is 926 g/mol. The molecule has 4 nitrogen and oxygen atoms in total. The minimum absolute atomic E-state index is 0.0114. The van der Waals surface area contributed by atoms with Crippen LogP contribution in [-0.2, 0) is 38.8 Å². The van der Waals surface area contributed by atoms with Crippen molar-refractivity contribution in [3.63, 3.8) is 0 Å². The van der Waals surface area contributed by atoms with Crippen molar-refractivity contribution in [2.45, 2.75) is 29.6 Å². The molecule has 0 saturated carbocycles. The Morgan fingerprint density at radius 3 is 1.05 bits per heavy atom. The van der Waals surface area contributed by atoms with Crippen LogP contribution in [0.5, 0.6) is 0 Å². The molecule has 1 atom stereocenters. The molecule has 0 radical (unpaired) electrons. The van der Waals surface area contributed by atoms with Crippen LogP contribution in [0.3, 0.4) is 0 Å². The van der Waals surface area contributed by atoms with Gasteiger partial charge in [0.05, 0.1) is 22.3 Å². The van der Waals surface area contributed by atoms with Gasteiger partial charge < -0.3 is 0 Å².